The van der Waals surface area contributed by atoms with E-state index in [0.717, 1.165) is 21.5 Å². The first-order valence-electron chi connectivity index (χ1n) is 10.5. The van der Waals surface area contributed by atoms with Gasteiger partial charge in [-0.3, -0.25) is 9.59 Å². The van der Waals surface area contributed by atoms with E-state index in [9.17, 15) is 9.59 Å². The number of nitrogens with zero attached hydrogens (tertiary/aromatic N) is 1. The number of anilines is 2. The molecule has 0 saturated heterocycles. The largest absolute Gasteiger partial charge is 0.459 e. The van der Waals surface area contributed by atoms with Crippen LogP contribution in [0.1, 0.15) is 10.6 Å². The average Bonchev–Trinajstić information content (AvgIpc) is 3.56. The lowest BCUT2D eigenvalue weighted by Gasteiger charge is -2.05. The average molecular weight is 486 g/mol. The minimum atomic E-state index is -0.309. The number of rotatable bonds is 7. The van der Waals surface area contributed by atoms with Crippen molar-refractivity contribution in [2.45, 2.75) is 4.90 Å². The number of carbonyl (C=O) groups is 2. The third-order valence-electron chi connectivity index (χ3n) is 5.02. The lowest BCUT2D eigenvalue weighted by molar-refractivity contribution is -0.113. The number of amides is 2. The predicted molar refractivity (Wildman–Crippen MR) is 138 cm³/mol. The fourth-order valence-corrected chi connectivity index (χ4v) is 4.79. The van der Waals surface area contributed by atoms with Crippen LogP contribution >= 0.6 is 23.1 Å². The van der Waals surface area contributed by atoms with Gasteiger partial charge in [0.25, 0.3) is 5.91 Å². The number of thioether (sulfide) groups is 1. The Morgan fingerprint density at radius 1 is 0.912 bits per heavy atom. The lowest BCUT2D eigenvalue weighted by Crippen LogP contribution is -2.13. The third-order valence-corrected chi connectivity index (χ3v) is 6.79. The molecule has 168 valence electrons. The summed E-state index contributed by atoms with van der Waals surface area (Å²) in [7, 11) is 0. The van der Waals surface area contributed by atoms with Gasteiger partial charge in [-0.15, -0.1) is 23.1 Å². The van der Waals surface area contributed by atoms with Gasteiger partial charge < -0.3 is 15.1 Å². The molecule has 5 rings (SSSR count). The van der Waals surface area contributed by atoms with Crippen LogP contribution in [0.4, 0.5) is 10.8 Å². The number of hydrogen-bond acceptors (Lipinski definition) is 6. The molecule has 2 amide bonds. The van der Waals surface area contributed by atoms with E-state index in [-0.39, 0.29) is 23.3 Å². The van der Waals surface area contributed by atoms with Crippen LogP contribution < -0.4 is 10.6 Å². The van der Waals surface area contributed by atoms with Gasteiger partial charge in [0.15, 0.2) is 10.9 Å². The number of benzene rings is 3. The summed E-state index contributed by atoms with van der Waals surface area (Å²) in [6, 6.07) is 25.0. The van der Waals surface area contributed by atoms with Crippen LogP contribution in [-0.2, 0) is 4.79 Å². The van der Waals surface area contributed by atoms with Crippen LogP contribution in [0.15, 0.2) is 99.8 Å². The Morgan fingerprint density at radius 3 is 2.53 bits per heavy atom. The van der Waals surface area contributed by atoms with Gasteiger partial charge >= 0.3 is 0 Å². The molecule has 2 N–H and O–H groups in total. The Labute approximate surface area is 204 Å². The highest BCUT2D eigenvalue weighted by molar-refractivity contribution is 8.00. The van der Waals surface area contributed by atoms with E-state index in [1.54, 1.807) is 24.3 Å². The van der Waals surface area contributed by atoms with Crippen LogP contribution in [0, 0.1) is 0 Å². The summed E-state index contributed by atoms with van der Waals surface area (Å²) in [6.45, 7) is 0. The summed E-state index contributed by atoms with van der Waals surface area (Å²) in [5.74, 6) is 0.0696. The molecule has 2 heterocycles. The molecule has 3 aromatic carbocycles. The normalized spacial score (nSPS) is 10.8. The second-order valence-electron chi connectivity index (χ2n) is 7.39. The van der Waals surface area contributed by atoms with Gasteiger partial charge in [-0.2, -0.15) is 0 Å². The maximum Gasteiger partial charge on any atom is 0.291 e. The zero-order valence-electron chi connectivity index (χ0n) is 17.9. The van der Waals surface area contributed by atoms with Crippen LogP contribution in [0.25, 0.3) is 22.0 Å². The highest BCUT2D eigenvalue weighted by Gasteiger charge is 2.11. The zero-order chi connectivity index (χ0) is 23.3. The van der Waals surface area contributed by atoms with Crippen LogP contribution in [0.2, 0.25) is 0 Å². The summed E-state index contributed by atoms with van der Waals surface area (Å²) in [5, 5.41) is 10.5. The molecule has 0 aliphatic rings. The molecule has 0 aliphatic carbocycles. The summed E-state index contributed by atoms with van der Waals surface area (Å²) < 4.78 is 5.08. The second-order valence-corrected chi connectivity index (χ2v) is 9.30. The first-order valence-corrected chi connectivity index (χ1v) is 12.3. The quantitative estimate of drug-likeness (QED) is 0.256. The molecule has 8 heteroatoms. The van der Waals surface area contributed by atoms with Gasteiger partial charge in [-0.25, -0.2) is 4.98 Å². The van der Waals surface area contributed by atoms with Gasteiger partial charge in [0.2, 0.25) is 5.91 Å². The molecule has 0 atom stereocenters. The molecule has 0 spiro atoms. The molecule has 0 bridgehead atoms. The van der Waals surface area contributed by atoms with E-state index in [0.29, 0.717) is 10.8 Å². The SMILES string of the molecule is O=C(CSc1ccc(NC(=O)c2ccco2)cc1)Nc1nc(-c2ccc3ccccc3c2)cs1. The standard InChI is InChI=1S/C26H19N3O3S2/c30-24(16-33-21-11-9-20(10-12-21)27-25(31)23-6-3-13-32-23)29-26-28-22(15-34-26)19-8-7-17-4-1-2-5-18(17)14-19/h1-15H,16H2,(H,27,31)(H,28,29,30). The van der Waals surface area contributed by atoms with E-state index in [1.807, 2.05) is 35.7 Å². The van der Waals surface area contributed by atoms with Crippen molar-refractivity contribution in [2.24, 2.45) is 0 Å². The molecular weight excluding hydrogens is 466 g/mol. The van der Waals surface area contributed by atoms with Crippen molar-refractivity contribution >= 4 is 56.5 Å². The number of aromatic nitrogens is 1. The van der Waals surface area contributed by atoms with E-state index in [4.69, 9.17) is 4.42 Å². The molecule has 0 saturated carbocycles. The van der Waals surface area contributed by atoms with E-state index < -0.39 is 0 Å². The highest BCUT2D eigenvalue weighted by Crippen LogP contribution is 2.28. The van der Waals surface area contributed by atoms with Crippen LogP contribution in [-0.4, -0.2) is 22.6 Å². The maximum atomic E-state index is 12.4. The monoisotopic (exact) mass is 485 g/mol. The number of nitrogens with one attached hydrogen (secondary N) is 2. The van der Waals surface area contributed by atoms with Crippen molar-refractivity contribution in [1.82, 2.24) is 4.98 Å². The molecule has 5 aromatic rings. The molecule has 2 aromatic heterocycles. The first-order chi connectivity index (χ1) is 16.6. The highest BCUT2D eigenvalue weighted by atomic mass is 32.2. The van der Waals surface area contributed by atoms with Crippen molar-refractivity contribution in [3.05, 3.63) is 96.3 Å². The molecule has 6 nitrogen and oxygen atoms in total. The second kappa shape index (κ2) is 9.94. The Balaban J connectivity index is 1.14. The van der Waals surface area contributed by atoms with E-state index >= 15 is 0 Å². The van der Waals surface area contributed by atoms with Gasteiger partial charge in [-0.1, -0.05) is 36.4 Å². The van der Waals surface area contributed by atoms with Crippen molar-refractivity contribution < 1.29 is 14.0 Å². The fourth-order valence-electron chi connectivity index (χ4n) is 3.35. The van der Waals surface area contributed by atoms with Gasteiger partial charge in [-0.05, 0) is 53.2 Å². The van der Waals surface area contributed by atoms with E-state index in [2.05, 4.69) is 39.9 Å². The minimum Gasteiger partial charge on any atom is -0.459 e. The Bertz CT molecular complexity index is 1440. The van der Waals surface area contributed by atoms with E-state index in [1.165, 1.54) is 34.7 Å². The van der Waals surface area contributed by atoms with Crippen molar-refractivity contribution in [1.29, 1.82) is 0 Å². The molecule has 0 unspecified atom stereocenters. The molecule has 0 radical (unpaired) electrons. The summed E-state index contributed by atoms with van der Waals surface area (Å²) >= 11 is 2.82. The Hall–Kier alpha value is -3.88. The number of fused-ring (bicyclic) bond motifs is 1. The smallest absolute Gasteiger partial charge is 0.291 e. The van der Waals surface area contributed by atoms with Crippen molar-refractivity contribution in [2.75, 3.05) is 16.4 Å². The summed E-state index contributed by atoms with van der Waals surface area (Å²) in [5.41, 5.74) is 2.51. The Kier molecular flexibility index (Phi) is 6.42. The summed E-state index contributed by atoms with van der Waals surface area (Å²) in [6.07, 6.45) is 1.45. The molecule has 34 heavy (non-hydrogen) atoms. The number of hydrogen-bond donors (Lipinski definition) is 2. The van der Waals surface area contributed by atoms with Crippen LogP contribution in [0.3, 0.4) is 0 Å². The topological polar surface area (TPSA) is 84.2 Å². The zero-order valence-corrected chi connectivity index (χ0v) is 19.5. The third kappa shape index (κ3) is 5.19. The van der Waals surface area contributed by atoms with Crippen molar-refractivity contribution in [3.8, 4) is 11.3 Å². The predicted octanol–water partition coefficient (Wildman–Crippen LogP) is 6.54. The number of furan rings is 1. The van der Waals surface area contributed by atoms with Gasteiger partial charge in [0.1, 0.15) is 0 Å². The number of thiazole rings is 1. The Morgan fingerprint density at radius 2 is 1.74 bits per heavy atom. The van der Waals surface area contributed by atoms with Crippen LogP contribution in [0.5, 0.6) is 0 Å². The first kappa shape index (κ1) is 21.9. The molecule has 0 fully saturated rings. The molecular formula is C26H19N3O3S2. The fraction of sp³-hybridized carbons (Fsp3) is 0.0385. The minimum absolute atomic E-state index is 0.125. The maximum absolute atomic E-state index is 12.4. The van der Waals surface area contributed by atoms with Gasteiger partial charge in [0.05, 0.1) is 17.7 Å². The van der Waals surface area contributed by atoms with Crippen molar-refractivity contribution in [3.63, 3.8) is 0 Å². The number of carbonyl (C=O) groups excluding carboxylic acids is 2. The summed E-state index contributed by atoms with van der Waals surface area (Å²) in [4.78, 5) is 29.9. The van der Waals surface area contributed by atoms with Gasteiger partial charge in [0, 0.05) is 21.5 Å². The lowest BCUT2D eigenvalue weighted by atomic mass is 10.1. The molecule has 0 aliphatic heterocycles.